The number of carbonyl (C=O) groups is 2. The number of aromatic carboxylic acids is 1. The van der Waals surface area contributed by atoms with Crippen molar-refractivity contribution in [3.8, 4) is 5.75 Å². The standard InChI is InChI=1S/C20H18N2O5.ClH/c1-3-27-20(25)16-11-21-17-9-8-14(26-2)10-15(17)18(16)22-13-6-4-12(5-7-13)19(23)24;/h4-11H,3H2,1-2H3,(H,21,22)(H,23,24);1H. The smallest absolute Gasteiger partial charge is 0.341 e. The van der Waals surface area contributed by atoms with Crippen molar-refractivity contribution >= 4 is 46.6 Å². The van der Waals surface area contributed by atoms with E-state index in [4.69, 9.17) is 14.6 Å². The Kier molecular flexibility index (Phi) is 6.79. The second kappa shape index (κ2) is 9.05. The minimum Gasteiger partial charge on any atom is -0.497 e. The molecule has 0 spiro atoms. The summed E-state index contributed by atoms with van der Waals surface area (Å²) in [5.74, 6) is -0.887. The van der Waals surface area contributed by atoms with E-state index >= 15 is 0 Å². The van der Waals surface area contributed by atoms with Gasteiger partial charge in [-0.15, -0.1) is 12.4 Å². The van der Waals surface area contributed by atoms with Crippen LogP contribution in [-0.2, 0) is 4.74 Å². The van der Waals surface area contributed by atoms with Gasteiger partial charge in [0.2, 0.25) is 0 Å². The first kappa shape index (κ1) is 21.0. The second-order valence-corrected chi connectivity index (χ2v) is 5.66. The molecule has 0 fully saturated rings. The summed E-state index contributed by atoms with van der Waals surface area (Å²) in [6.07, 6.45) is 1.46. The number of aromatic nitrogens is 1. The van der Waals surface area contributed by atoms with Crippen LogP contribution in [0.3, 0.4) is 0 Å². The van der Waals surface area contributed by atoms with Crippen LogP contribution in [0.2, 0.25) is 0 Å². The first-order chi connectivity index (χ1) is 13.0. The molecule has 0 atom stereocenters. The Bertz CT molecular complexity index is 1010. The zero-order chi connectivity index (χ0) is 19.4. The number of pyridine rings is 1. The molecule has 0 unspecified atom stereocenters. The van der Waals surface area contributed by atoms with Crippen molar-refractivity contribution in [2.45, 2.75) is 6.92 Å². The number of nitrogens with one attached hydrogen (secondary N) is 1. The third-order valence-corrected chi connectivity index (χ3v) is 3.97. The van der Waals surface area contributed by atoms with Crippen molar-refractivity contribution in [1.82, 2.24) is 4.98 Å². The molecule has 0 aliphatic heterocycles. The van der Waals surface area contributed by atoms with Crippen LogP contribution in [-0.4, -0.2) is 35.7 Å². The van der Waals surface area contributed by atoms with Gasteiger partial charge in [0, 0.05) is 17.3 Å². The topological polar surface area (TPSA) is 97.8 Å². The number of hydrogen-bond acceptors (Lipinski definition) is 6. The number of carboxylic acids is 1. The van der Waals surface area contributed by atoms with Crippen LogP contribution in [0.1, 0.15) is 27.6 Å². The van der Waals surface area contributed by atoms with E-state index in [-0.39, 0.29) is 30.1 Å². The van der Waals surface area contributed by atoms with Crippen molar-refractivity contribution in [2.24, 2.45) is 0 Å². The van der Waals surface area contributed by atoms with E-state index < -0.39 is 11.9 Å². The Morgan fingerprint density at radius 3 is 2.46 bits per heavy atom. The van der Waals surface area contributed by atoms with Crippen molar-refractivity contribution in [3.05, 3.63) is 59.8 Å². The molecule has 0 saturated heterocycles. The molecule has 146 valence electrons. The predicted octanol–water partition coefficient (Wildman–Crippen LogP) is 4.28. The van der Waals surface area contributed by atoms with E-state index in [0.717, 1.165) is 0 Å². The van der Waals surface area contributed by atoms with Crippen LogP contribution in [0.25, 0.3) is 10.9 Å². The summed E-state index contributed by atoms with van der Waals surface area (Å²) >= 11 is 0. The number of anilines is 2. The third kappa shape index (κ3) is 4.32. The zero-order valence-corrected chi connectivity index (χ0v) is 16.1. The number of ether oxygens (including phenoxy) is 2. The fourth-order valence-electron chi connectivity index (χ4n) is 2.64. The zero-order valence-electron chi connectivity index (χ0n) is 15.3. The van der Waals surface area contributed by atoms with Gasteiger partial charge in [-0.2, -0.15) is 0 Å². The number of methoxy groups -OCH3 is 1. The molecule has 8 heteroatoms. The highest BCUT2D eigenvalue weighted by Crippen LogP contribution is 2.32. The summed E-state index contributed by atoms with van der Waals surface area (Å²) in [4.78, 5) is 27.7. The number of rotatable bonds is 6. The van der Waals surface area contributed by atoms with Crippen LogP contribution in [0, 0.1) is 0 Å². The SMILES string of the molecule is CCOC(=O)c1cnc2ccc(OC)cc2c1Nc1ccc(C(=O)O)cc1.Cl. The molecule has 2 aromatic carbocycles. The van der Waals surface area contributed by atoms with Gasteiger partial charge >= 0.3 is 11.9 Å². The largest absolute Gasteiger partial charge is 0.497 e. The highest BCUT2D eigenvalue weighted by Gasteiger charge is 2.17. The van der Waals surface area contributed by atoms with Gasteiger partial charge in [-0.3, -0.25) is 4.98 Å². The molecule has 0 amide bonds. The predicted molar refractivity (Wildman–Crippen MR) is 108 cm³/mol. The molecule has 0 radical (unpaired) electrons. The van der Waals surface area contributed by atoms with E-state index in [1.165, 1.54) is 18.3 Å². The first-order valence-corrected chi connectivity index (χ1v) is 8.27. The number of hydrogen-bond donors (Lipinski definition) is 2. The van der Waals surface area contributed by atoms with Crippen LogP contribution in [0.4, 0.5) is 11.4 Å². The summed E-state index contributed by atoms with van der Waals surface area (Å²) in [5, 5.41) is 12.9. The van der Waals surface area contributed by atoms with Crippen LogP contribution in [0.5, 0.6) is 5.75 Å². The van der Waals surface area contributed by atoms with Gasteiger partial charge in [0.15, 0.2) is 0 Å². The number of fused-ring (bicyclic) bond motifs is 1. The van der Waals surface area contributed by atoms with Crippen LogP contribution < -0.4 is 10.1 Å². The summed E-state index contributed by atoms with van der Waals surface area (Å²) in [6, 6.07) is 11.6. The number of esters is 1. The summed E-state index contributed by atoms with van der Waals surface area (Å²) < 4.78 is 10.4. The number of halogens is 1. The minimum atomic E-state index is -1.01. The van der Waals surface area contributed by atoms with E-state index in [1.54, 1.807) is 44.4 Å². The van der Waals surface area contributed by atoms with Crippen molar-refractivity contribution < 1.29 is 24.2 Å². The second-order valence-electron chi connectivity index (χ2n) is 5.66. The molecule has 2 N–H and O–H groups in total. The van der Waals surface area contributed by atoms with Crippen molar-refractivity contribution in [1.29, 1.82) is 0 Å². The van der Waals surface area contributed by atoms with E-state index in [1.807, 2.05) is 0 Å². The van der Waals surface area contributed by atoms with Crippen LogP contribution in [0.15, 0.2) is 48.7 Å². The number of carboxylic acid groups (broad SMARTS) is 1. The summed E-state index contributed by atoms with van der Waals surface area (Å²) in [5.41, 5.74) is 2.27. The molecule has 0 saturated carbocycles. The molecule has 0 aliphatic carbocycles. The number of benzene rings is 2. The highest BCUT2D eigenvalue weighted by molar-refractivity contribution is 6.06. The molecule has 0 aliphatic rings. The van der Waals surface area contributed by atoms with Gasteiger partial charge in [0.1, 0.15) is 11.3 Å². The van der Waals surface area contributed by atoms with Crippen molar-refractivity contribution in [2.75, 3.05) is 19.0 Å². The maximum absolute atomic E-state index is 12.4. The Labute approximate surface area is 167 Å². The molecule has 28 heavy (non-hydrogen) atoms. The Hall–Kier alpha value is -3.32. The molecule has 3 rings (SSSR count). The molecule has 1 aromatic heterocycles. The number of carbonyl (C=O) groups excluding carboxylic acids is 1. The Balaban J connectivity index is 0.00000280. The highest BCUT2D eigenvalue weighted by atomic mass is 35.5. The Morgan fingerprint density at radius 2 is 1.86 bits per heavy atom. The van der Waals surface area contributed by atoms with E-state index in [2.05, 4.69) is 10.3 Å². The lowest BCUT2D eigenvalue weighted by Gasteiger charge is -2.15. The molecular weight excluding hydrogens is 384 g/mol. The molecule has 7 nitrogen and oxygen atoms in total. The monoisotopic (exact) mass is 402 g/mol. The normalized spacial score (nSPS) is 10.1. The molecule has 1 heterocycles. The van der Waals surface area contributed by atoms with Gasteiger partial charge in [-0.25, -0.2) is 9.59 Å². The van der Waals surface area contributed by atoms with Gasteiger partial charge in [0.25, 0.3) is 0 Å². The molecular formula is C20H19ClN2O5. The van der Waals surface area contributed by atoms with Gasteiger partial charge in [0.05, 0.1) is 30.5 Å². The fraction of sp³-hybridized carbons (Fsp3) is 0.150. The lowest BCUT2D eigenvalue weighted by molar-refractivity contribution is 0.0526. The maximum atomic E-state index is 12.4. The number of nitrogens with zero attached hydrogens (tertiary/aromatic N) is 1. The average molecular weight is 403 g/mol. The lowest BCUT2D eigenvalue weighted by Crippen LogP contribution is -2.09. The van der Waals surface area contributed by atoms with Crippen molar-refractivity contribution in [3.63, 3.8) is 0 Å². The van der Waals surface area contributed by atoms with Crippen LogP contribution >= 0.6 is 12.4 Å². The average Bonchev–Trinajstić information content (AvgIpc) is 2.68. The minimum absolute atomic E-state index is 0. The van der Waals surface area contributed by atoms with Gasteiger partial charge in [-0.05, 0) is 49.4 Å². The van der Waals surface area contributed by atoms with Gasteiger partial charge < -0.3 is 19.9 Å². The van der Waals surface area contributed by atoms with E-state index in [0.29, 0.717) is 28.0 Å². The quantitative estimate of drug-likeness (QED) is 0.593. The molecule has 0 bridgehead atoms. The van der Waals surface area contributed by atoms with E-state index in [9.17, 15) is 9.59 Å². The molecule has 3 aromatic rings. The fourth-order valence-corrected chi connectivity index (χ4v) is 2.64. The summed E-state index contributed by atoms with van der Waals surface area (Å²) in [6.45, 7) is 1.97. The first-order valence-electron chi connectivity index (χ1n) is 8.27. The Morgan fingerprint density at radius 1 is 1.14 bits per heavy atom. The summed E-state index contributed by atoms with van der Waals surface area (Å²) in [7, 11) is 1.56. The van der Waals surface area contributed by atoms with Gasteiger partial charge in [-0.1, -0.05) is 0 Å². The maximum Gasteiger partial charge on any atom is 0.341 e. The third-order valence-electron chi connectivity index (χ3n) is 3.97. The lowest BCUT2D eigenvalue weighted by atomic mass is 10.1.